The van der Waals surface area contributed by atoms with E-state index in [-0.39, 0.29) is 16.9 Å². The first-order valence-electron chi connectivity index (χ1n) is 9.18. The first-order valence-corrected chi connectivity index (χ1v) is 10.1. The lowest BCUT2D eigenvalue weighted by molar-refractivity contribution is -0.123. The highest BCUT2D eigenvalue weighted by Crippen LogP contribution is 2.40. The number of thioether (sulfide) groups is 1. The van der Waals surface area contributed by atoms with Crippen molar-refractivity contribution >= 4 is 29.1 Å². The van der Waals surface area contributed by atoms with Crippen molar-refractivity contribution in [3.05, 3.63) is 35.7 Å². The normalized spacial score (nSPS) is 15.4. The molecule has 144 valence electrons. The van der Waals surface area contributed by atoms with Crippen molar-refractivity contribution in [3.8, 4) is 0 Å². The molecule has 3 rings (SSSR count). The van der Waals surface area contributed by atoms with Gasteiger partial charge < -0.3 is 9.88 Å². The summed E-state index contributed by atoms with van der Waals surface area (Å²) in [6.07, 6.45) is 2.34. The second-order valence-electron chi connectivity index (χ2n) is 8.08. The fourth-order valence-electron chi connectivity index (χ4n) is 2.61. The van der Waals surface area contributed by atoms with E-state index in [1.54, 1.807) is 24.3 Å². The number of carbonyl (C=O) groups is 2. The van der Waals surface area contributed by atoms with Gasteiger partial charge in [0.1, 0.15) is 5.82 Å². The van der Waals surface area contributed by atoms with Crippen molar-refractivity contribution in [1.82, 2.24) is 14.8 Å². The zero-order chi connectivity index (χ0) is 19.8. The number of nitrogens with one attached hydrogen (secondary N) is 1. The van der Waals surface area contributed by atoms with E-state index in [4.69, 9.17) is 0 Å². The molecule has 1 amide bonds. The summed E-state index contributed by atoms with van der Waals surface area (Å²) >= 11 is 1.43. The molecule has 1 atom stereocenters. The Kier molecular flexibility index (Phi) is 5.42. The van der Waals surface area contributed by atoms with Crippen LogP contribution in [0.25, 0.3) is 0 Å². The van der Waals surface area contributed by atoms with Gasteiger partial charge in [0.05, 0.1) is 5.25 Å². The number of hydrogen-bond donors (Lipinski definition) is 1. The monoisotopic (exact) mass is 386 g/mol. The Morgan fingerprint density at radius 1 is 1.19 bits per heavy atom. The van der Waals surface area contributed by atoms with Crippen LogP contribution in [-0.2, 0) is 11.8 Å². The van der Waals surface area contributed by atoms with E-state index in [1.165, 1.54) is 24.6 Å². The lowest BCUT2D eigenvalue weighted by Crippen LogP contribution is -2.27. The number of anilines is 1. The highest BCUT2D eigenvalue weighted by atomic mass is 32.2. The topological polar surface area (TPSA) is 76.9 Å². The van der Waals surface area contributed by atoms with Crippen LogP contribution in [0.4, 0.5) is 5.69 Å². The van der Waals surface area contributed by atoms with E-state index in [0.717, 1.165) is 11.0 Å². The maximum absolute atomic E-state index is 12.7. The zero-order valence-electron chi connectivity index (χ0n) is 16.4. The quantitative estimate of drug-likeness (QED) is 0.599. The SMILES string of the molecule is C[C@H](Sc1nnc(C2CC2)n1C)C(=O)c1ccc(NC(=O)C(C)(C)C)cc1. The minimum atomic E-state index is -0.463. The van der Waals surface area contributed by atoms with Crippen LogP contribution in [0.15, 0.2) is 29.4 Å². The second-order valence-corrected chi connectivity index (χ2v) is 9.39. The number of nitrogens with zero attached hydrogens (tertiary/aromatic N) is 3. The average molecular weight is 387 g/mol. The molecule has 0 spiro atoms. The van der Waals surface area contributed by atoms with Gasteiger partial charge in [-0.15, -0.1) is 10.2 Å². The van der Waals surface area contributed by atoms with Gasteiger partial charge in [-0.2, -0.15) is 0 Å². The van der Waals surface area contributed by atoms with E-state index in [2.05, 4.69) is 15.5 Å². The Morgan fingerprint density at radius 2 is 1.81 bits per heavy atom. The van der Waals surface area contributed by atoms with Crippen LogP contribution in [-0.4, -0.2) is 31.7 Å². The number of Topliss-reactive ketones (excluding diaryl/α,β-unsaturated/α-hetero) is 1. The molecular formula is C20H26N4O2S. The van der Waals surface area contributed by atoms with Crippen LogP contribution < -0.4 is 5.32 Å². The summed E-state index contributed by atoms with van der Waals surface area (Å²) in [5, 5.41) is 11.9. The molecule has 0 saturated heterocycles. The average Bonchev–Trinajstić information content (AvgIpc) is 3.39. The number of carbonyl (C=O) groups excluding carboxylic acids is 2. The van der Waals surface area contributed by atoms with Crippen molar-refractivity contribution < 1.29 is 9.59 Å². The molecule has 6 nitrogen and oxygen atoms in total. The molecule has 1 aromatic carbocycles. The van der Waals surface area contributed by atoms with Gasteiger partial charge in [0.25, 0.3) is 0 Å². The lowest BCUT2D eigenvalue weighted by Gasteiger charge is -2.17. The summed E-state index contributed by atoms with van der Waals surface area (Å²) in [6, 6.07) is 7.04. The molecule has 0 radical (unpaired) electrons. The molecule has 1 saturated carbocycles. The number of rotatable bonds is 6. The van der Waals surface area contributed by atoms with Gasteiger partial charge in [0.15, 0.2) is 10.9 Å². The van der Waals surface area contributed by atoms with Crippen LogP contribution in [0.5, 0.6) is 0 Å². The van der Waals surface area contributed by atoms with Gasteiger partial charge in [-0.3, -0.25) is 9.59 Å². The predicted octanol–water partition coefficient (Wildman–Crippen LogP) is 4.04. The van der Waals surface area contributed by atoms with Crippen LogP contribution in [0.3, 0.4) is 0 Å². The van der Waals surface area contributed by atoms with Gasteiger partial charge in [-0.25, -0.2) is 0 Å². The first kappa shape index (κ1) is 19.6. The molecule has 1 heterocycles. The maximum Gasteiger partial charge on any atom is 0.229 e. The molecular weight excluding hydrogens is 360 g/mol. The predicted molar refractivity (Wildman–Crippen MR) is 107 cm³/mol. The highest BCUT2D eigenvalue weighted by molar-refractivity contribution is 8.00. The zero-order valence-corrected chi connectivity index (χ0v) is 17.3. The number of aromatic nitrogens is 3. The molecule has 1 aliphatic rings. The minimum absolute atomic E-state index is 0.0321. The van der Waals surface area contributed by atoms with Crippen molar-refractivity contribution in [2.75, 3.05) is 5.32 Å². The molecule has 1 N–H and O–H groups in total. The van der Waals surface area contributed by atoms with Gasteiger partial charge in [-0.1, -0.05) is 32.5 Å². The summed E-state index contributed by atoms with van der Waals surface area (Å²) in [4.78, 5) is 24.8. The second kappa shape index (κ2) is 7.46. The lowest BCUT2D eigenvalue weighted by atomic mass is 9.95. The number of benzene rings is 1. The van der Waals surface area contributed by atoms with Crippen LogP contribution >= 0.6 is 11.8 Å². The molecule has 0 aliphatic heterocycles. The van der Waals surface area contributed by atoms with Gasteiger partial charge in [0, 0.05) is 29.6 Å². The largest absolute Gasteiger partial charge is 0.326 e. The Balaban J connectivity index is 1.64. The van der Waals surface area contributed by atoms with Gasteiger partial charge >= 0.3 is 0 Å². The van der Waals surface area contributed by atoms with Crippen LogP contribution in [0.1, 0.15) is 62.6 Å². The van der Waals surface area contributed by atoms with Crippen molar-refractivity contribution in [1.29, 1.82) is 0 Å². The summed E-state index contributed by atoms with van der Waals surface area (Å²) in [7, 11) is 1.96. The Labute approximate surface area is 164 Å². The molecule has 0 bridgehead atoms. The molecule has 2 aromatic rings. The van der Waals surface area contributed by atoms with Crippen LogP contribution in [0.2, 0.25) is 0 Å². The Morgan fingerprint density at radius 3 is 2.37 bits per heavy atom. The number of amides is 1. The molecule has 7 heteroatoms. The third-order valence-corrected chi connectivity index (χ3v) is 5.70. The summed E-state index contributed by atoms with van der Waals surface area (Å²) in [6.45, 7) is 7.47. The van der Waals surface area contributed by atoms with Gasteiger partial charge in [0.2, 0.25) is 5.91 Å². The molecule has 0 unspecified atom stereocenters. The van der Waals surface area contributed by atoms with Crippen molar-refractivity contribution in [2.24, 2.45) is 12.5 Å². The molecule has 1 aromatic heterocycles. The number of hydrogen-bond acceptors (Lipinski definition) is 5. The Bertz CT molecular complexity index is 848. The van der Waals surface area contributed by atoms with Crippen molar-refractivity contribution in [2.45, 2.75) is 56.9 Å². The fraction of sp³-hybridized carbons (Fsp3) is 0.500. The smallest absolute Gasteiger partial charge is 0.229 e. The highest BCUT2D eigenvalue weighted by Gasteiger charge is 2.30. The van der Waals surface area contributed by atoms with E-state index >= 15 is 0 Å². The standard InChI is InChI=1S/C20H26N4O2S/c1-12(27-19-23-22-17(24(19)5)14-6-7-14)16(25)13-8-10-15(11-9-13)21-18(26)20(2,3)4/h8-12,14H,6-7H2,1-5H3,(H,21,26)/t12-/m0/s1. The Hall–Kier alpha value is -2.15. The van der Waals surface area contributed by atoms with Crippen LogP contribution in [0, 0.1) is 5.41 Å². The van der Waals surface area contributed by atoms with E-state index in [0.29, 0.717) is 17.2 Å². The molecule has 27 heavy (non-hydrogen) atoms. The third-order valence-electron chi connectivity index (χ3n) is 4.57. The van der Waals surface area contributed by atoms with E-state index in [9.17, 15) is 9.59 Å². The van der Waals surface area contributed by atoms with Crippen molar-refractivity contribution in [3.63, 3.8) is 0 Å². The number of ketones is 1. The van der Waals surface area contributed by atoms with Gasteiger partial charge in [-0.05, 0) is 44.0 Å². The molecule has 1 fully saturated rings. The molecule has 1 aliphatic carbocycles. The van der Waals surface area contributed by atoms with E-state index in [1.807, 2.05) is 39.3 Å². The summed E-state index contributed by atoms with van der Waals surface area (Å²) < 4.78 is 2.00. The third kappa shape index (κ3) is 4.58. The summed E-state index contributed by atoms with van der Waals surface area (Å²) in [5.41, 5.74) is 0.845. The first-order chi connectivity index (χ1) is 12.7. The fourth-order valence-corrected chi connectivity index (χ4v) is 3.51. The summed E-state index contributed by atoms with van der Waals surface area (Å²) in [5.74, 6) is 1.51. The van der Waals surface area contributed by atoms with E-state index < -0.39 is 5.41 Å². The maximum atomic E-state index is 12.7. The minimum Gasteiger partial charge on any atom is -0.326 e.